The summed E-state index contributed by atoms with van der Waals surface area (Å²) in [6.07, 6.45) is 0.948. The van der Waals surface area contributed by atoms with Gasteiger partial charge in [-0.1, -0.05) is 90.1 Å². The molecule has 1 saturated heterocycles. The number of hydrogen-bond donors (Lipinski definition) is 4. The van der Waals surface area contributed by atoms with Crippen LogP contribution in [-0.4, -0.2) is 57.0 Å². The van der Waals surface area contributed by atoms with Gasteiger partial charge in [-0.2, -0.15) is 0 Å². The Morgan fingerprint density at radius 3 is 2.15 bits per heavy atom. The minimum atomic E-state index is -3.46. The molecular weight excluding hydrogens is 609 g/mol. The topological polar surface area (TPSA) is 111 Å². The molecule has 3 aromatic carbocycles. The molecule has 0 saturated carbocycles. The zero-order valence-electron chi connectivity index (χ0n) is 29.2. The molecule has 8 nitrogen and oxygen atoms in total. The van der Waals surface area contributed by atoms with E-state index in [1.165, 1.54) is 15.4 Å². The summed E-state index contributed by atoms with van der Waals surface area (Å²) >= 11 is 0. The molecule has 0 spiro atoms. The molecule has 1 aliphatic heterocycles. The van der Waals surface area contributed by atoms with Crippen molar-refractivity contribution >= 4 is 27.3 Å². The number of sulfonamides is 1. The Morgan fingerprint density at radius 1 is 0.894 bits per heavy atom. The molecule has 256 valence electrons. The van der Waals surface area contributed by atoms with Crippen LogP contribution in [-0.2, 0) is 33.8 Å². The summed E-state index contributed by atoms with van der Waals surface area (Å²) < 4.78 is 27.2. The predicted octanol–water partition coefficient (Wildman–Crippen LogP) is 6.14. The minimum absolute atomic E-state index is 0.00257. The van der Waals surface area contributed by atoms with E-state index in [0.717, 1.165) is 17.5 Å². The number of anilines is 2. The lowest BCUT2D eigenvalue weighted by Gasteiger charge is -2.29. The quantitative estimate of drug-likeness (QED) is 0.186. The molecule has 1 aliphatic rings. The first-order chi connectivity index (χ1) is 22.1. The van der Waals surface area contributed by atoms with E-state index in [0.29, 0.717) is 49.4 Å². The van der Waals surface area contributed by atoms with Crippen molar-refractivity contribution in [1.29, 1.82) is 0 Å². The van der Waals surface area contributed by atoms with E-state index in [2.05, 4.69) is 75.7 Å². The van der Waals surface area contributed by atoms with Crippen molar-refractivity contribution in [2.24, 2.45) is 0 Å². The van der Waals surface area contributed by atoms with Crippen molar-refractivity contribution in [1.82, 2.24) is 10.6 Å². The molecule has 0 unspecified atom stereocenters. The molecule has 0 aromatic heterocycles. The van der Waals surface area contributed by atoms with Crippen LogP contribution in [0.3, 0.4) is 0 Å². The number of amides is 1. The average Bonchev–Trinajstić information content (AvgIpc) is 3.00. The zero-order valence-corrected chi connectivity index (χ0v) is 30.0. The lowest BCUT2D eigenvalue weighted by Crippen LogP contribution is -2.48. The molecule has 4 rings (SSSR count). The molecule has 47 heavy (non-hydrogen) atoms. The lowest BCUT2D eigenvalue weighted by atomic mass is 9.79. The fraction of sp³-hybridized carbons (Fsp3) is 0.500. The number of benzene rings is 3. The summed E-state index contributed by atoms with van der Waals surface area (Å²) in [5.74, 6) is -0.274. The van der Waals surface area contributed by atoms with Crippen LogP contribution < -0.4 is 20.3 Å². The summed E-state index contributed by atoms with van der Waals surface area (Å²) in [5.41, 5.74) is 6.18. The van der Waals surface area contributed by atoms with Gasteiger partial charge >= 0.3 is 0 Å². The van der Waals surface area contributed by atoms with Crippen LogP contribution >= 0.6 is 0 Å². The fourth-order valence-corrected chi connectivity index (χ4v) is 7.46. The van der Waals surface area contributed by atoms with Gasteiger partial charge in [0, 0.05) is 37.4 Å². The van der Waals surface area contributed by atoms with E-state index in [1.807, 2.05) is 37.3 Å². The van der Waals surface area contributed by atoms with Gasteiger partial charge in [-0.25, -0.2) is 8.42 Å². The largest absolute Gasteiger partial charge is 0.390 e. The summed E-state index contributed by atoms with van der Waals surface area (Å²) in [6.45, 7) is 17.1. The molecular formula is C38H54N4O4S. The monoisotopic (exact) mass is 662 g/mol. The molecule has 4 N–H and O–H groups in total. The number of carbonyl (C=O) groups excluding carboxylic acids is 1. The van der Waals surface area contributed by atoms with Crippen molar-refractivity contribution in [2.45, 2.75) is 97.2 Å². The van der Waals surface area contributed by atoms with Gasteiger partial charge in [0.05, 0.1) is 23.6 Å². The van der Waals surface area contributed by atoms with Crippen molar-refractivity contribution in [2.75, 3.05) is 35.0 Å². The third-order valence-electron chi connectivity index (χ3n) is 8.68. The number of hydrogen-bond acceptors (Lipinski definition) is 6. The normalized spacial score (nSPS) is 16.4. The highest BCUT2D eigenvalue weighted by atomic mass is 32.2. The smallest absolute Gasteiger partial charge is 0.251 e. The lowest BCUT2D eigenvalue weighted by molar-refractivity contribution is 0.0830. The number of carbonyl (C=O) groups is 1. The fourth-order valence-electron chi connectivity index (χ4n) is 5.84. The van der Waals surface area contributed by atoms with E-state index in [9.17, 15) is 18.3 Å². The molecule has 1 fully saturated rings. The number of aliphatic hydroxyl groups is 1. The summed E-state index contributed by atoms with van der Waals surface area (Å²) in [7, 11) is -3.46. The standard InChI is InChI=1S/C38H54N4O4S/c1-8-40-32-21-29(22-33(24-32)42-16-12-13-17-47(42,45)46)36(44)41-34(20-27-14-10-9-11-15-27)35(43)26-39-25-28-18-30(37(2,3)4)23-31(19-28)38(5,6)7/h9-11,14-15,18-19,21-24,34-35,39-40,43H,8,12-13,16-17,20,25-26H2,1-7H3,(H,41,44)/t34-,35+/m0/s1. The maximum absolute atomic E-state index is 13.8. The maximum Gasteiger partial charge on any atom is 0.251 e. The Hall–Kier alpha value is -3.40. The van der Waals surface area contributed by atoms with E-state index >= 15 is 0 Å². The predicted molar refractivity (Wildman–Crippen MR) is 194 cm³/mol. The third kappa shape index (κ3) is 10.0. The second-order valence-electron chi connectivity index (χ2n) is 14.8. The highest BCUT2D eigenvalue weighted by Crippen LogP contribution is 2.31. The van der Waals surface area contributed by atoms with Crippen molar-refractivity contribution < 1.29 is 18.3 Å². The van der Waals surface area contributed by atoms with Crippen molar-refractivity contribution in [3.8, 4) is 0 Å². The average molecular weight is 663 g/mol. The van der Waals surface area contributed by atoms with Crippen LogP contribution in [0, 0.1) is 0 Å². The second kappa shape index (κ2) is 15.2. The van der Waals surface area contributed by atoms with Gasteiger partial charge in [0.15, 0.2) is 0 Å². The Morgan fingerprint density at radius 2 is 1.55 bits per heavy atom. The summed E-state index contributed by atoms with van der Waals surface area (Å²) in [4.78, 5) is 13.8. The van der Waals surface area contributed by atoms with Crippen LogP contribution in [0.1, 0.15) is 93.9 Å². The first-order valence-corrected chi connectivity index (χ1v) is 18.5. The van der Waals surface area contributed by atoms with Crippen LogP contribution in [0.4, 0.5) is 11.4 Å². The second-order valence-corrected chi connectivity index (χ2v) is 16.8. The van der Waals surface area contributed by atoms with Crippen molar-refractivity contribution in [3.05, 3.63) is 94.5 Å². The van der Waals surface area contributed by atoms with E-state index in [-0.39, 0.29) is 29.0 Å². The Labute approximate surface area is 282 Å². The number of rotatable bonds is 12. The van der Waals surface area contributed by atoms with Crippen LogP contribution in [0.15, 0.2) is 66.7 Å². The summed E-state index contributed by atoms with van der Waals surface area (Å²) in [6, 6.07) is 21.1. The van der Waals surface area contributed by atoms with Gasteiger partial charge < -0.3 is 21.1 Å². The van der Waals surface area contributed by atoms with Crippen molar-refractivity contribution in [3.63, 3.8) is 0 Å². The Kier molecular flexibility index (Phi) is 11.8. The summed E-state index contributed by atoms with van der Waals surface area (Å²) in [5, 5.41) is 21.3. The molecule has 1 amide bonds. The highest BCUT2D eigenvalue weighted by molar-refractivity contribution is 7.92. The number of aliphatic hydroxyl groups excluding tert-OH is 1. The van der Waals surface area contributed by atoms with Gasteiger partial charge in [0.25, 0.3) is 5.91 Å². The third-order valence-corrected chi connectivity index (χ3v) is 10.6. The number of nitrogens with zero attached hydrogens (tertiary/aromatic N) is 1. The van der Waals surface area contributed by atoms with Gasteiger partial charge in [-0.15, -0.1) is 0 Å². The molecule has 0 bridgehead atoms. The van der Waals surface area contributed by atoms with Crippen LogP contribution in [0.2, 0.25) is 0 Å². The van der Waals surface area contributed by atoms with E-state index in [1.54, 1.807) is 18.2 Å². The minimum Gasteiger partial charge on any atom is -0.390 e. The van der Waals surface area contributed by atoms with Crippen LogP contribution in [0.25, 0.3) is 0 Å². The number of nitrogens with one attached hydrogen (secondary N) is 3. The molecule has 1 heterocycles. The molecule has 3 aromatic rings. The van der Waals surface area contributed by atoms with E-state index in [4.69, 9.17) is 0 Å². The maximum atomic E-state index is 13.8. The first kappa shape index (κ1) is 36.4. The first-order valence-electron chi connectivity index (χ1n) is 16.8. The molecule has 0 aliphatic carbocycles. The Bertz CT molecular complexity index is 1580. The van der Waals surface area contributed by atoms with Gasteiger partial charge in [-0.3, -0.25) is 9.10 Å². The van der Waals surface area contributed by atoms with Gasteiger partial charge in [0.2, 0.25) is 10.0 Å². The molecule has 2 atom stereocenters. The SMILES string of the molecule is CCNc1cc(C(=O)N[C@@H](Cc2ccccc2)[C@H](O)CNCc2cc(C(C)(C)C)cc(C(C)(C)C)c2)cc(N2CCCCS2(=O)=O)c1. The highest BCUT2D eigenvalue weighted by Gasteiger charge is 2.28. The Balaban J connectivity index is 1.55. The molecule has 9 heteroatoms. The zero-order chi connectivity index (χ0) is 34.4. The van der Waals surface area contributed by atoms with Crippen LogP contribution in [0.5, 0.6) is 0 Å². The van der Waals surface area contributed by atoms with E-state index < -0.39 is 22.2 Å². The molecule has 0 radical (unpaired) electrons. The van der Waals surface area contributed by atoms with Gasteiger partial charge in [0.1, 0.15) is 0 Å². The van der Waals surface area contributed by atoms with Gasteiger partial charge in [-0.05, 0) is 77.5 Å².